The molecule has 0 bridgehead atoms. The maximum Gasteiger partial charge on any atom is 0.256 e. The number of aromatic nitrogens is 3. The van der Waals surface area contributed by atoms with Gasteiger partial charge in [-0.25, -0.2) is 0 Å². The van der Waals surface area contributed by atoms with E-state index in [1.165, 1.54) is 6.42 Å². The van der Waals surface area contributed by atoms with Crippen LogP contribution < -0.4 is 24.8 Å². The number of fused-ring (bicyclic) bond motifs is 1. The second-order valence-corrected chi connectivity index (χ2v) is 9.61. The highest BCUT2D eigenvalue weighted by Gasteiger charge is 2.21. The summed E-state index contributed by atoms with van der Waals surface area (Å²) in [4.78, 5) is 17.5. The molecule has 0 atom stereocenters. The van der Waals surface area contributed by atoms with Crippen molar-refractivity contribution in [2.24, 2.45) is 7.05 Å². The Morgan fingerprint density at radius 2 is 1.76 bits per heavy atom. The average molecular weight is 516 g/mol. The highest BCUT2D eigenvalue weighted by atomic mass is 16.5. The second-order valence-electron chi connectivity index (χ2n) is 9.61. The Balaban J connectivity index is 1.35. The number of nitrogens with zero attached hydrogens (tertiary/aromatic N) is 3. The topological polar surface area (TPSA) is 99.5 Å². The SMILES string of the molecule is COc1cc2nccc(Oc3ccc(Nc4nn(C)cc4C(=O)NC4CCCCC4)c(C)c3)c2cc1OC. The van der Waals surface area contributed by atoms with E-state index in [1.54, 1.807) is 31.3 Å². The first-order valence-corrected chi connectivity index (χ1v) is 12.9. The lowest BCUT2D eigenvalue weighted by Crippen LogP contribution is -2.36. The van der Waals surface area contributed by atoms with Crippen molar-refractivity contribution < 1.29 is 19.0 Å². The highest BCUT2D eigenvalue weighted by Crippen LogP contribution is 2.37. The van der Waals surface area contributed by atoms with E-state index in [0.717, 1.165) is 47.8 Å². The molecule has 9 nitrogen and oxygen atoms in total. The maximum absolute atomic E-state index is 13.0. The van der Waals surface area contributed by atoms with Gasteiger partial charge in [0, 0.05) is 42.6 Å². The lowest BCUT2D eigenvalue weighted by molar-refractivity contribution is 0.0928. The third-order valence-electron chi connectivity index (χ3n) is 6.90. The summed E-state index contributed by atoms with van der Waals surface area (Å²) in [6.45, 7) is 1.98. The first-order chi connectivity index (χ1) is 18.4. The fourth-order valence-corrected chi connectivity index (χ4v) is 4.89. The number of carbonyl (C=O) groups is 1. The number of aryl methyl sites for hydroxylation is 2. The van der Waals surface area contributed by atoms with Crippen LogP contribution in [0.1, 0.15) is 48.0 Å². The van der Waals surface area contributed by atoms with Gasteiger partial charge in [0.25, 0.3) is 5.91 Å². The predicted molar refractivity (Wildman–Crippen MR) is 147 cm³/mol. The normalized spacial score (nSPS) is 13.8. The maximum atomic E-state index is 13.0. The molecule has 0 spiro atoms. The number of rotatable bonds is 8. The molecule has 1 fully saturated rings. The lowest BCUT2D eigenvalue weighted by Gasteiger charge is -2.22. The number of hydrogen-bond acceptors (Lipinski definition) is 7. The second kappa shape index (κ2) is 11.0. The van der Waals surface area contributed by atoms with Gasteiger partial charge >= 0.3 is 0 Å². The van der Waals surface area contributed by atoms with E-state index < -0.39 is 0 Å². The smallest absolute Gasteiger partial charge is 0.256 e. The fraction of sp³-hybridized carbons (Fsp3) is 0.345. The first-order valence-electron chi connectivity index (χ1n) is 12.9. The van der Waals surface area contributed by atoms with Crippen molar-refractivity contribution in [1.29, 1.82) is 0 Å². The molecule has 2 aromatic carbocycles. The van der Waals surface area contributed by atoms with Gasteiger partial charge in [0.15, 0.2) is 17.3 Å². The van der Waals surface area contributed by atoms with Crippen LogP contribution in [0.3, 0.4) is 0 Å². The Hall–Kier alpha value is -4.27. The molecule has 38 heavy (non-hydrogen) atoms. The highest BCUT2D eigenvalue weighted by molar-refractivity contribution is 5.99. The molecule has 1 amide bonds. The number of anilines is 2. The molecule has 5 rings (SSSR count). The molecular weight excluding hydrogens is 482 g/mol. The van der Waals surface area contributed by atoms with Gasteiger partial charge in [-0.2, -0.15) is 5.10 Å². The number of nitrogens with one attached hydrogen (secondary N) is 2. The lowest BCUT2D eigenvalue weighted by atomic mass is 9.95. The molecule has 2 aromatic heterocycles. The van der Waals surface area contributed by atoms with Crippen molar-refractivity contribution in [2.75, 3.05) is 19.5 Å². The van der Waals surface area contributed by atoms with Crippen molar-refractivity contribution in [1.82, 2.24) is 20.1 Å². The minimum Gasteiger partial charge on any atom is -0.493 e. The summed E-state index contributed by atoms with van der Waals surface area (Å²) < 4.78 is 18.8. The Morgan fingerprint density at radius 1 is 1.00 bits per heavy atom. The number of ether oxygens (including phenoxy) is 3. The molecular formula is C29H33N5O4. The third kappa shape index (κ3) is 5.37. The molecule has 0 radical (unpaired) electrons. The zero-order valence-electron chi connectivity index (χ0n) is 22.2. The van der Waals surface area contributed by atoms with Crippen LogP contribution in [-0.4, -0.2) is 40.9 Å². The zero-order chi connectivity index (χ0) is 26.6. The summed E-state index contributed by atoms with van der Waals surface area (Å²) in [5.41, 5.74) is 3.06. The third-order valence-corrected chi connectivity index (χ3v) is 6.90. The van der Waals surface area contributed by atoms with E-state index in [4.69, 9.17) is 14.2 Å². The van der Waals surface area contributed by atoms with Gasteiger partial charge in [-0.3, -0.25) is 14.5 Å². The summed E-state index contributed by atoms with van der Waals surface area (Å²) in [6.07, 6.45) is 9.08. The van der Waals surface area contributed by atoms with E-state index in [2.05, 4.69) is 20.7 Å². The Bertz CT molecular complexity index is 1460. The zero-order valence-corrected chi connectivity index (χ0v) is 22.2. The number of pyridine rings is 1. The summed E-state index contributed by atoms with van der Waals surface area (Å²) in [5, 5.41) is 11.8. The molecule has 2 heterocycles. The molecule has 0 saturated heterocycles. The number of hydrogen-bond donors (Lipinski definition) is 2. The van der Waals surface area contributed by atoms with Gasteiger partial charge in [0.2, 0.25) is 0 Å². The Labute approximate surface area is 222 Å². The van der Waals surface area contributed by atoms with Gasteiger partial charge in [-0.15, -0.1) is 0 Å². The van der Waals surface area contributed by atoms with Crippen molar-refractivity contribution in [3.05, 3.63) is 59.9 Å². The first kappa shape index (κ1) is 25.4. The van der Waals surface area contributed by atoms with Crippen molar-refractivity contribution in [2.45, 2.75) is 45.1 Å². The van der Waals surface area contributed by atoms with Crippen LogP contribution in [0, 0.1) is 6.92 Å². The van der Waals surface area contributed by atoms with Crippen molar-refractivity contribution >= 4 is 28.3 Å². The summed E-state index contributed by atoms with van der Waals surface area (Å²) in [7, 11) is 5.01. The molecule has 0 aliphatic heterocycles. The van der Waals surface area contributed by atoms with E-state index in [-0.39, 0.29) is 11.9 Å². The summed E-state index contributed by atoms with van der Waals surface area (Å²) in [6, 6.07) is 11.5. The van der Waals surface area contributed by atoms with Crippen molar-refractivity contribution in [3.63, 3.8) is 0 Å². The van der Waals surface area contributed by atoms with Crippen molar-refractivity contribution in [3.8, 4) is 23.0 Å². The minimum atomic E-state index is -0.0956. The average Bonchev–Trinajstić information content (AvgIpc) is 3.30. The van der Waals surface area contributed by atoms with Gasteiger partial charge in [-0.1, -0.05) is 19.3 Å². The molecule has 1 aliphatic rings. The van der Waals surface area contributed by atoms with Crippen LogP contribution in [0.25, 0.3) is 10.9 Å². The molecule has 1 saturated carbocycles. The molecule has 4 aromatic rings. The summed E-state index contributed by atoms with van der Waals surface area (Å²) >= 11 is 0. The molecule has 198 valence electrons. The van der Waals surface area contributed by atoms with Gasteiger partial charge in [-0.05, 0) is 55.7 Å². The predicted octanol–water partition coefficient (Wildman–Crippen LogP) is 5.89. The Morgan fingerprint density at radius 3 is 2.50 bits per heavy atom. The standard InChI is InChI=1S/C29H33N5O4/c1-18-14-20(38-25-12-13-30-24-16-27(37-4)26(36-3)15-21(24)25)10-11-23(18)32-28-22(17-34(2)33-28)29(35)31-19-8-6-5-7-9-19/h10-17,19H,5-9H2,1-4H3,(H,31,35)(H,32,33). The van der Waals surface area contributed by atoms with Crippen LogP contribution in [0.2, 0.25) is 0 Å². The minimum absolute atomic E-state index is 0.0956. The van der Waals surface area contributed by atoms with E-state index >= 15 is 0 Å². The molecule has 1 aliphatic carbocycles. The quantitative estimate of drug-likeness (QED) is 0.302. The van der Waals surface area contributed by atoms with Crippen LogP contribution in [-0.2, 0) is 7.05 Å². The van der Waals surface area contributed by atoms with Gasteiger partial charge in [0.1, 0.15) is 17.1 Å². The molecule has 2 N–H and O–H groups in total. The molecule has 9 heteroatoms. The van der Waals surface area contributed by atoms with E-state index in [1.807, 2.05) is 50.4 Å². The van der Waals surface area contributed by atoms with Gasteiger partial charge in [0.05, 0.1) is 19.7 Å². The number of carbonyl (C=O) groups excluding carboxylic acids is 1. The van der Waals surface area contributed by atoms with Gasteiger partial charge < -0.3 is 24.8 Å². The molecule has 0 unspecified atom stereocenters. The largest absolute Gasteiger partial charge is 0.493 e. The van der Waals surface area contributed by atoms with Crippen LogP contribution in [0.4, 0.5) is 11.5 Å². The fourth-order valence-electron chi connectivity index (χ4n) is 4.89. The number of benzene rings is 2. The monoisotopic (exact) mass is 515 g/mol. The van der Waals surface area contributed by atoms with E-state index in [9.17, 15) is 4.79 Å². The summed E-state index contributed by atoms with van der Waals surface area (Å²) in [5.74, 6) is 2.97. The van der Waals surface area contributed by atoms with Crippen LogP contribution in [0.5, 0.6) is 23.0 Å². The Kier molecular flexibility index (Phi) is 7.35. The van der Waals surface area contributed by atoms with E-state index in [0.29, 0.717) is 34.4 Å². The van der Waals surface area contributed by atoms with Crippen LogP contribution in [0.15, 0.2) is 48.8 Å². The number of amides is 1. The number of methoxy groups -OCH3 is 2. The van der Waals surface area contributed by atoms with Crippen LogP contribution >= 0.6 is 0 Å².